The summed E-state index contributed by atoms with van der Waals surface area (Å²) in [5, 5.41) is 8.45. The minimum absolute atomic E-state index is 0. The molecule has 2 nitrogen and oxygen atoms in total. The monoisotopic (exact) mass is 169 g/mol. The second kappa shape index (κ2) is 4.59. The summed E-state index contributed by atoms with van der Waals surface area (Å²) in [5.41, 5.74) is 0.624. The number of hydrogen-bond acceptors (Lipinski definition) is 2. The van der Waals surface area contributed by atoms with Crippen molar-refractivity contribution in [1.29, 1.82) is 5.26 Å². The van der Waals surface area contributed by atoms with Crippen LogP contribution in [0.15, 0.2) is 24.3 Å². The maximum atomic E-state index is 8.45. The van der Waals surface area contributed by atoms with Crippen LogP contribution in [0.25, 0.3) is 0 Å². The molecule has 0 atom stereocenters. The van der Waals surface area contributed by atoms with Gasteiger partial charge < -0.3 is 4.74 Å². The van der Waals surface area contributed by atoms with E-state index in [-0.39, 0.29) is 12.4 Å². The van der Waals surface area contributed by atoms with Crippen LogP contribution in [-0.4, -0.2) is 7.11 Å². The minimum atomic E-state index is 0. The zero-order valence-electron chi connectivity index (χ0n) is 6.07. The maximum Gasteiger partial charge on any atom is 0.120 e. The van der Waals surface area contributed by atoms with E-state index < -0.39 is 0 Å². The predicted octanol–water partition coefficient (Wildman–Crippen LogP) is 1.99. The first-order valence-electron chi connectivity index (χ1n) is 2.91. The number of halogens is 1. The molecule has 0 spiro atoms. The van der Waals surface area contributed by atoms with Gasteiger partial charge in [0.2, 0.25) is 0 Å². The Morgan fingerprint density at radius 1 is 1.45 bits per heavy atom. The van der Waals surface area contributed by atoms with Crippen molar-refractivity contribution in [1.82, 2.24) is 0 Å². The van der Waals surface area contributed by atoms with Gasteiger partial charge in [-0.25, -0.2) is 0 Å². The van der Waals surface area contributed by atoms with Crippen molar-refractivity contribution in [2.45, 2.75) is 0 Å². The van der Waals surface area contributed by atoms with Crippen molar-refractivity contribution >= 4 is 12.4 Å². The molecule has 0 aliphatic rings. The lowest BCUT2D eigenvalue weighted by molar-refractivity contribution is 0.414. The molecule has 0 heterocycles. The number of hydrogen-bond donors (Lipinski definition) is 0. The van der Waals surface area contributed by atoms with Gasteiger partial charge in [0.15, 0.2) is 0 Å². The molecular weight excluding hydrogens is 162 g/mol. The first-order valence-corrected chi connectivity index (χ1v) is 2.91. The first-order chi connectivity index (χ1) is 4.86. The fourth-order valence-corrected chi connectivity index (χ4v) is 0.693. The summed E-state index contributed by atoms with van der Waals surface area (Å²) in [5.74, 6) is 0.721. The van der Waals surface area contributed by atoms with Crippen LogP contribution in [0.3, 0.4) is 0 Å². The summed E-state index contributed by atoms with van der Waals surface area (Å²) in [6.45, 7) is 0. The zero-order chi connectivity index (χ0) is 7.40. The summed E-state index contributed by atoms with van der Waals surface area (Å²) < 4.78 is 4.91. The van der Waals surface area contributed by atoms with Crippen LogP contribution in [0.2, 0.25) is 0 Å². The third-order valence-corrected chi connectivity index (χ3v) is 1.20. The van der Waals surface area contributed by atoms with E-state index in [4.69, 9.17) is 10.00 Å². The van der Waals surface area contributed by atoms with Crippen LogP contribution in [0, 0.1) is 11.3 Å². The summed E-state index contributed by atoms with van der Waals surface area (Å²) in [6, 6.07) is 9.05. The summed E-state index contributed by atoms with van der Waals surface area (Å²) in [6.07, 6.45) is 0. The van der Waals surface area contributed by atoms with Crippen LogP contribution >= 0.6 is 12.4 Å². The Morgan fingerprint density at radius 3 is 2.73 bits per heavy atom. The molecule has 0 aliphatic heterocycles. The van der Waals surface area contributed by atoms with Crippen LogP contribution in [0.4, 0.5) is 0 Å². The standard InChI is InChI=1S/C8H7NO.ClH/c1-10-8-4-2-3-7(5-8)6-9;/h2-5H,1H3;1H. The molecule has 0 amide bonds. The number of ether oxygens (including phenoxy) is 1. The fraction of sp³-hybridized carbons (Fsp3) is 0.125. The number of benzene rings is 1. The molecule has 0 N–H and O–H groups in total. The summed E-state index contributed by atoms with van der Waals surface area (Å²) >= 11 is 0. The van der Waals surface area contributed by atoms with E-state index in [1.807, 2.05) is 6.07 Å². The van der Waals surface area contributed by atoms with Gasteiger partial charge in [-0.2, -0.15) is 5.26 Å². The molecule has 0 radical (unpaired) electrons. The largest absolute Gasteiger partial charge is 0.497 e. The van der Waals surface area contributed by atoms with Crippen LogP contribution in [-0.2, 0) is 0 Å². The van der Waals surface area contributed by atoms with Gasteiger partial charge in [-0.15, -0.1) is 12.4 Å². The lowest BCUT2D eigenvalue weighted by Crippen LogP contribution is -1.82. The molecule has 11 heavy (non-hydrogen) atoms. The lowest BCUT2D eigenvalue weighted by Gasteiger charge is -1.96. The van der Waals surface area contributed by atoms with E-state index in [2.05, 4.69) is 0 Å². The van der Waals surface area contributed by atoms with Gasteiger partial charge >= 0.3 is 0 Å². The Balaban J connectivity index is 0.000001000. The molecule has 1 rings (SSSR count). The quantitative estimate of drug-likeness (QED) is 0.644. The Morgan fingerprint density at radius 2 is 2.18 bits per heavy atom. The molecule has 0 saturated carbocycles. The number of rotatable bonds is 1. The molecule has 0 bridgehead atoms. The molecule has 1 aromatic rings. The molecule has 0 fully saturated rings. The van der Waals surface area contributed by atoms with Crippen molar-refractivity contribution < 1.29 is 4.74 Å². The molecule has 0 unspecified atom stereocenters. The molecule has 3 heteroatoms. The van der Waals surface area contributed by atoms with Gasteiger partial charge in [0, 0.05) is 0 Å². The van der Waals surface area contributed by atoms with Gasteiger partial charge in [-0.1, -0.05) is 6.07 Å². The molecule has 58 valence electrons. The Bertz CT molecular complexity index is 267. The van der Waals surface area contributed by atoms with Crippen LogP contribution in [0.5, 0.6) is 5.75 Å². The number of nitriles is 1. The van der Waals surface area contributed by atoms with Crippen molar-refractivity contribution in [3.63, 3.8) is 0 Å². The second-order valence-corrected chi connectivity index (χ2v) is 1.84. The predicted molar refractivity (Wildman–Crippen MR) is 45.0 cm³/mol. The van der Waals surface area contributed by atoms with Gasteiger partial charge in [-0.05, 0) is 18.2 Å². The molecule has 0 aliphatic carbocycles. The molecular formula is C8H8ClNO. The van der Waals surface area contributed by atoms with Crippen LogP contribution in [0.1, 0.15) is 5.56 Å². The first kappa shape index (κ1) is 9.80. The van der Waals surface area contributed by atoms with E-state index >= 15 is 0 Å². The van der Waals surface area contributed by atoms with E-state index in [1.54, 1.807) is 31.4 Å². The number of nitrogens with zero attached hydrogens (tertiary/aromatic N) is 1. The third-order valence-electron chi connectivity index (χ3n) is 1.20. The van der Waals surface area contributed by atoms with Gasteiger partial charge in [0.1, 0.15) is 5.75 Å². The molecule has 0 saturated heterocycles. The average molecular weight is 170 g/mol. The van der Waals surface area contributed by atoms with Crippen LogP contribution < -0.4 is 4.74 Å². The van der Waals surface area contributed by atoms with E-state index in [9.17, 15) is 0 Å². The Labute approximate surface area is 71.8 Å². The van der Waals surface area contributed by atoms with Crippen molar-refractivity contribution in [2.75, 3.05) is 7.11 Å². The normalized spacial score (nSPS) is 7.64. The minimum Gasteiger partial charge on any atom is -0.497 e. The highest BCUT2D eigenvalue weighted by atomic mass is 35.5. The molecule has 1 aromatic carbocycles. The zero-order valence-corrected chi connectivity index (χ0v) is 6.89. The highest BCUT2D eigenvalue weighted by molar-refractivity contribution is 5.85. The Hall–Kier alpha value is -1.20. The fourth-order valence-electron chi connectivity index (χ4n) is 0.693. The van der Waals surface area contributed by atoms with Crippen molar-refractivity contribution in [2.24, 2.45) is 0 Å². The summed E-state index contributed by atoms with van der Waals surface area (Å²) in [4.78, 5) is 0. The van der Waals surface area contributed by atoms with Gasteiger partial charge in [0.25, 0.3) is 0 Å². The topological polar surface area (TPSA) is 33.0 Å². The second-order valence-electron chi connectivity index (χ2n) is 1.84. The Kier molecular flexibility index (Phi) is 4.09. The van der Waals surface area contributed by atoms with Crippen molar-refractivity contribution in [3.8, 4) is 11.8 Å². The lowest BCUT2D eigenvalue weighted by atomic mass is 10.2. The highest BCUT2D eigenvalue weighted by Gasteiger charge is 1.90. The maximum absolute atomic E-state index is 8.45. The highest BCUT2D eigenvalue weighted by Crippen LogP contribution is 2.10. The summed E-state index contributed by atoms with van der Waals surface area (Å²) in [7, 11) is 1.58. The van der Waals surface area contributed by atoms with Gasteiger partial charge in [0.05, 0.1) is 18.7 Å². The number of methoxy groups -OCH3 is 1. The van der Waals surface area contributed by atoms with E-state index in [0.29, 0.717) is 5.56 Å². The molecule has 0 aromatic heterocycles. The van der Waals surface area contributed by atoms with Crippen molar-refractivity contribution in [3.05, 3.63) is 29.8 Å². The van der Waals surface area contributed by atoms with Gasteiger partial charge in [-0.3, -0.25) is 0 Å². The SMILES string of the molecule is COc1cccc(C#N)c1.Cl. The smallest absolute Gasteiger partial charge is 0.120 e. The average Bonchev–Trinajstić information content (AvgIpc) is 2.05. The van der Waals surface area contributed by atoms with E-state index in [1.165, 1.54) is 0 Å². The van der Waals surface area contributed by atoms with E-state index in [0.717, 1.165) is 5.75 Å². The third kappa shape index (κ3) is 2.48.